The van der Waals surface area contributed by atoms with Crippen molar-refractivity contribution >= 4 is 11.4 Å². The zero-order valence-electron chi connectivity index (χ0n) is 11.0. The van der Waals surface area contributed by atoms with Crippen LogP contribution in [0.3, 0.4) is 0 Å². The number of hydrogen-bond acceptors (Lipinski definition) is 4. The van der Waals surface area contributed by atoms with E-state index in [1.54, 1.807) is 0 Å². The van der Waals surface area contributed by atoms with Gasteiger partial charge in [-0.05, 0) is 25.3 Å². The summed E-state index contributed by atoms with van der Waals surface area (Å²) in [6.07, 6.45) is 0.0307. The topological polar surface area (TPSA) is 54.2 Å². The van der Waals surface area contributed by atoms with Crippen LogP contribution in [0.15, 0.2) is 12.3 Å². The molecule has 0 bridgehead atoms. The number of rotatable bonds is 3. The Morgan fingerprint density at radius 3 is 2.70 bits per heavy atom. The summed E-state index contributed by atoms with van der Waals surface area (Å²) in [5.41, 5.74) is 5.38. The molecule has 0 radical (unpaired) electrons. The minimum atomic E-state index is -4.44. The number of aromatic nitrogens is 1. The Bertz CT molecular complexity index is 499. The third kappa shape index (κ3) is 2.82. The number of nitrogens with zero attached hydrogens (tertiary/aromatic N) is 2. The Hall–Kier alpha value is -1.50. The van der Waals surface area contributed by atoms with E-state index < -0.39 is 11.9 Å². The molecule has 1 saturated heterocycles. The van der Waals surface area contributed by atoms with Gasteiger partial charge in [-0.25, -0.2) is 4.98 Å². The van der Waals surface area contributed by atoms with Gasteiger partial charge in [0.05, 0.1) is 17.6 Å². The highest BCUT2D eigenvalue weighted by atomic mass is 19.4. The zero-order valence-corrected chi connectivity index (χ0v) is 11.0. The molecular weight excluding hydrogens is 269 g/mol. The normalized spacial score (nSPS) is 24.1. The number of likely N-dealkylation sites (tertiary alicyclic amines) is 1. The molecule has 110 valence electrons. The number of nitrogens with one attached hydrogen (secondary N) is 1. The van der Waals surface area contributed by atoms with Crippen LogP contribution in [-0.4, -0.2) is 35.1 Å². The summed E-state index contributed by atoms with van der Waals surface area (Å²) < 4.78 is 37.9. The second-order valence-electron chi connectivity index (χ2n) is 5.51. The predicted octanol–water partition coefficient (Wildman–Crippen LogP) is 2.33. The van der Waals surface area contributed by atoms with Crippen LogP contribution in [0.25, 0.3) is 0 Å². The lowest BCUT2D eigenvalue weighted by atomic mass is 10.2. The third-order valence-corrected chi connectivity index (χ3v) is 3.87. The summed E-state index contributed by atoms with van der Waals surface area (Å²) in [5, 5.41) is 3.13. The van der Waals surface area contributed by atoms with Gasteiger partial charge in [0.15, 0.2) is 0 Å². The van der Waals surface area contributed by atoms with Crippen LogP contribution >= 0.6 is 0 Å². The first-order valence-corrected chi connectivity index (χ1v) is 6.77. The molecule has 0 amide bonds. The SMILES string of the molecule is Nc1cnc(C(F)(F)F)cc1NC1CCN(C2CC2)C1. The van der Waals surface area contributed by atoms with Gasteiger partial charge < -0.3 is 11.1 Å². The van der Waals surface area contributed by atoms with Gasteiger partial charge in [0.25, 0.3) is 0 Å². The van der Waals surface area contributed by atoms with Crippen LogP contribution in [0.5, 0.6) is 0 Å². The molecule has 0 spiro atoms. The van der Waals surface area contributed by atoms with Crippen LogP contribution in [0.4, 0.5) is 24.5 Å². The minimum Gasteiger partial charge on any atom is -0.396 e. The second-order valence-corrected chi connectivity index (χ2v) is 5.51. The smallest absolute Gasteiger partial charge is 0.396 e. The Morgan fingerprint density at radius 1 is 1.30 bits per heavy atom. The Labute approximate surface area is 115 Å². The molecule has 0 aromatic carbocycles. The van der Waals surface area contributed by atoms with Gasteiger partial charge in [0.2, 0.25) is 0 Å². The third-order valence-electron chi connectivity index (χ3n) is 3.87. The van der Waals surface area contributed by atoms with Gasteiger partial charge in [0.1, 0.15) is 5.69 Å². The quantitative estimate of drug-likeness (QED) is 0.895. The number of alkyl halides is 3. The number of pyridine rings is 1. The highest BCUT2D eigenvalue weighted by molar-refractivity contribution is 5.66. The van der Waals surface area contributed by atoms with Gasteiger partial charge in [0, 0.05) is 25.2 Å². The first-order chi connectivity index (χ1) is 9.43. The van der Waals surface area contributed by atoms with Crippen LogP contribution < -0.4 is 11.1 Å². The van der Waals surface area contributed by atoms with Crippen LogP contribution in [0.2, 0.25) is 0 Å². The lowest BCUT2D eigenvalue weighted by Crippen LogP contribution is -2.28. The predicted molar refractivity (Wildman–Crippen MR) is 70.3 cm³/mol. The van der Waals surface area contributed by atoms with Crippen molar-refractivity contribution in [2.45, 2.75) is 37.5 Å². The average molecular weight is 286 g/mol. The van der Waals surface area contributed by atoms with E-state index in [-0.39, 0.29) is 11.7 Å². The number of anilines is 2. The molecule has 1 aromatic rings. The van der Waals surface area contributed by atoms with Crippen molar-refractivity contribution in [3.63, 3.8) is 0 Å². The Balaban J connectivity index is 1.70. The van der Waals surface area contributed by atoms with E-state index in [1.807, 2.05) is 0 Å². The van der Waals surface area contributed by atoms with E-state index in [2.05, 4.69) is 15.2 Å². The summed E-state index contributed by atoms with van der Waals surface area (Å²) in [7, 11) is 0. The summed E-state index contributed by atoms with van der Waals surface area (Å²) in [6.45, 7) is 1.87. The minimum absolute atomic E-state index is 0.154. The van der Waals surface area contributed by atoms with Gasteiger partial charge >= 0.3 is 6.18 Å². The summed E-state index contributed by atoms with van der Waals surface area (Å²) in [6, 6.07) is 1.83. The van der Waals surface area contributed by atoms with E-state index in [4.69, 9.17) is 5.73 Å². The highest BCUT2D eigenvalue weighted by Crippen LogP contribution is 2.33. The van der Waals surface area contributed by atoms with Crippen molar-refractivity contribution in [2.75, 3.05) is 24.1 Å². The molecule has 1 aliphatic carbocycles. The van der Waals surface area contributed by atoms with Crippen molar-refractivity contribution in [3.05, 3.63) is 18.0 Å². The van der Waals surface area contributed by atoms with Crippen molar-refractivity contribution in [1.82, 2.24) is 9.88 Å². The lowest BCUT2D eigenvalue weighted by molar-refractivity contribution is -0.141. The fourth-order valence-electron chi connectivity index (χ4n) is 2.64. The number of nitrogens with two attached hydrogens (primary N) is 1. The summed E-state index contributed by atoms with van der Waals surface area (Å²) >= 11 is 0. The molecule has 1 aliphatic heterocycles. The number of halogens is 3. The Kier molecular flexibility index (Phi) is 3.24. The van der Waals surface area contributed by atoms with Crippen molar-refractivity contribution < 1.29 is 13.2 Å². The highest BCUT2D eigenvalue weighted by Gasteiger charge is 2.35. The van der Waals surface area contributed by atoms with Gasteiger partial charge in [-0.1, -0.05) is 0 Å². The maximum absolute atomic E-state index is 12.6. The molecule has 1 unspecified atom stereocenters. The molecule has 1 atom stereocenters. The maximum Gasteiger partial charge on any atom is 0.433 e. The van der Waals surface area contributed by atoms with Crippen molar-refractivity contribution in [2.24, 2.45) is 0 Å². The molecular formula is C13H17F3N4. The molecule has 1 aromatic heterocycles. The van der Waals surface area contributed by atoms with Gasteiger partial charge in [-0.3, -0.25) is 4.90 Å². The molecule has 2 heterocycles. The van der Waals surface area contributed by atoms with Gasteiger partial charge in [-0.15, -0.1) is 0 Å². The van der Waals surface area contributed by atoms with E-state index in [0.29, 0.717) is 11.7 Å². The lowest BCUT2D eigenvalue weighted by Gasteiger charge is -2.18. The number of nitrogen functional groups attached to an aromatic ring is 1. The van der Waals surface area contributed by atoms with E-state index in [1.165, 1.54) is 12.8 Å². The standard InChI is InChI=1S/C13H17F3N4/c14-13(15,16)12-5-11(10(17)6-18-12)19-8-3-4-20(7-8)9-1-2-9/h5-6,8-9H,1-4,7,17H2,(H,18,19). The molecule has 20 heavy (non-hydrogen) atoms. The first kappa shape index (κ1) is 13.5. The van der Waals surface area contributed by atoms with Crippen LogP contribution in [0.1, 0.15) is 25.0 Å². The largest absolute Gasteiger partial charge is 0.433 e. The van der Waals surface area contributed by atoms with Crippen LogP contribution in [0, 0.1) is 0 Å². The number of hydrogen-bond donors (Lipinski definition) is 2. The average Bonchev–Trinajstić information content (AvgIpc) is 3.12. The monoisotopic (exact) mass is 286 g/mol. The molecule has 3 rings (SSSR count). The zero-order chi connectivity index (χ0) is 14.3. The van der Waals surface area contributed by atoms with E-state index in [0.717, 1.165) is 31.8 Å². The van der Waals surface area contributed by atoms with E-state index >= 15 is 0 Å². The van der Waals surface area contributed by atoms with E-state index in [9.17, 15) is 13.2 Å². The van der Waals surface area contributed by atoms with Crippen LogP contribution in [-0.2, 0) is 6.18 Å². The maximum atomic E-state index is 12.6. The molecule has 4 nitrogen and oxygen atoms in total. The molecule has 1 saturated carbocycles. The fraction of sp³-hybridized carbons (Fsp3) is 0.615. The Morgan fingerprint density at radius 2 is 2.05 bits per heavy atom. The van der Waals surface area contributed by atoms with Gasteiger partial charge in [-0.2, -0.15) is 13.2 Å². The first-order valence-electron chi connectivity index (χ1n) is 6.77. The van der Waals surface area contributed by atoms with Crippen molar-refractivity contribution in [3.8, 4) is 0 Å². The fourth-order valence-corrected chi connectivity index (χ4v) is 2.64. The second kappa shape index (κ2) is 4.80. The van der Waals surface area contributed by atoms with Crippen molar-refractivity contribution in [1.29, 1.82) is 0 Å². The molecule has 2 aliphatic rings. The summed E-state index contributed by atoms with van der Waals surface area (Å²) in [4.78, 5) is 5.73. The molecule has 3 N–H and O–H groups in total. The summed E-state index contributed by atoms with van der Waals surface area (Å²) in [5.74, 6) is 0. The molecule has 7 heteroatoms. The molecule has 2 fully saturated rings.